The lowest BCUT2D eigenvalue weighted by molar-refractivity contribution is 1.37. The number of hydrogen-bond acceptors (Lipinski definition) is 1. The molecule has 0 unspecified atom stereocenters. The first-order valence-electron chi connectivity index (χ1n) is 4.67. The molecule has 0 saturated heterocycles. The van der Waals surface area contributed by atoms with Crippen molar-refractivity contribution in [1.29, 1.82) is 0 Å². The maximum absolute atomic E-state index is 5.92. The second kappa shape index (κ2) is 3.69. The van der Waals surface area contributed by atoms with Gasteiger partial charge in [0.15, 0.2) is 0 Å². The lowest BCUT2D eigenvalue weighted by Crippen LogP contribution is -2.23. The number of nitrogens with one attached hydrogen (secondary N) is 1. The normalized spacial score (nSPS) is 12.9. The molecule has 0 aliphatic heterocycles. The van der Waals surface area contributed by atoms with Crippen LogP contribution in [0.25, 0.3) is 23.6 Å². The van der Waals surface area contributed by atoms with Crippen molar-refractivity contribution < 1.29 is 0 Å². The van der Waals surface area contributed by atoms with Gasteiger partial charge in [0.2, 0.25) is 0 Å². The number of hydrogen-bond donors (Lipinski definition) is 2. The van der Waals surface area contributed by atoms with E-state index >= 15 is 0 Å². The average molecular weight is 194 g/mol. The molecule has 1 aromatic heterocycles. The van der Waals surface area contributed by atoms with Crippen molar-refractivity contribution in [2.75, 3.05) is 0 Å². The maximum Gasteiger partial charge on any atom is 0.114 e. The van der Waals surface area contributed by atoms with Crippen LogP contribution in [0.1, 0.15) is 0 Å². The molecule has 15 heavy (non-hydrogen) atoms. The average Bonchev–Trinajstić information content (AvgIpc) is 2.53. The quantitative estimate of drug-likeness (QED) is 0.597. The molecule has 72 valence electrons. The van der Waals surface area contributed by atoms with E-state index in [9.17, 15) is 0 Å². The molecule has 1 aromatic carbocycles. The van der Waals surface area contributed by atoms with Gasteiger partial charge in [0.1, 0.15) is 7.85 Å². The largest absolute Gasteiger partial charge is 0.405 e. The first-order chi connectivity index (χ1) is 7.24. The van der Waals surface area contributed by atoms with Crippen molar-refractivity contribution in [2.45, 2.75) is 0 Å². The van der Waals surface area contributed by atoms with Crippen molar-refractivity contribution in [1.82, 2.24) is 4.98 Å². The minimum absolute atomic E-state index is 0.746. The summed E-state index contributed by atoms with van der Waals surface area (Å²) < 4.78 is 0. The first kappa shape index (κ1) is 9.65. The van der Waals surface area contributed by atoms with Crippen LogP contribution >= 0.6 is 0 Å². The van der Waals surface area contributed by atoms with Crippen LogP contribution in [-0.2, 0) is 0 Å². The Balaban J connectivity index is 2.95. The molecule has 0 aliphatic rings. The van der Waals surface area contributed by atoms with Crippen LogP contribution in [0, 0.1) is 0 Å². The van der Waals surface area contributed by atoms with Gasteiger partial charge in [0, 0.05) is 21.5 Å². The Morgan fingerprint density at radius 3 is 2.93 bits per heavy atom. The molecule has 2 radical (unpaired) electrons. The number of nitrogens with two attached hydrogens (primary N) is 1. The third kappa shape index (κ3) is 1.56. The van der Waals surface area contributed by atoms with Crippen LogP contribution in [0.3, 0.4) is 0 Å². The van der Waals surface area contributed by atoms with E-state index in [4.69, 9.17) is 13.6 Å². The van der Waals surface area contributed by atoms with E-state index in [0.717, 1.165) is 26.9 Å². The van der Waals surface area contributed by atoms with Crippen LogP contribution in [0.15, 0.2) is 30.5 Å². The van der Waals surface area contributed by atoms with E-state index in [1.165, 1.54) is 6.20 Å². The molecule has 0 atom stereocenters. The van der Waals surface area contributed by atoms with Gasteiger partial charge in [0.25, 0.3) is 0 Å². The van der Waals surface area contributed by atoms with Gasteiger partial charge in [-0.3, -0.25) is 0 Å². The molecular formula is C12H11BN2. The predicted molar refractivity (Wildman–Crippen MR) is 66.3 cm³/mol. The lowest BCUT2D eigenvalue weighted by Gasteiger charge is -1.94. The lowest BCUT2D eigenvalue weighted by atomic mass is 9.92. The monoisotopic (exact) mass is 194 g/mol. The Kier molecular flexibility index (Phi) is 2.38. The number of allylic oxidation sites excluding steroid dienone is 1. The summed E-state index contributed by atoms with van der Waals surface area (Å²) in [6, 6.07) is 5.76. The highest BCUT2D eigenvalue weighted by Crippen LogP contribution is 2.00. The fraction of sp³-hybridized carbons (Fsp3) is 0. The zero-order valence-corrected chi connectivity index (χ0v) is 8.33. The van der Waals surface area contributed by atoms with Crippen molar-refractivity contribution >= 4 is 36.9 Å². The Labute approximate surface area is 89.2 Å². The van der Waals surface area contributed by atoms with E-state index in [2.05, 4.69) is 11.6 Å². The predicted octanol–water partition coefficient (Wildman–Crippen LogP) is -0.375. The minimum Gasteiger partial charge on any atom is -0.405 e. The van der Waals surface area contributed by atoms with Gasteiger partial charge in [-0.25, -0.2) is 0 Å². The van der Waals surface area contributed by atoms with E-state index in [1.807, 2.05) is 24.3 Å². The van der Waals surface area contributed by atoms with Gasteiger partial charge >= 0.3 is 0 Å². The van der Waals surface area contributed by atoms with Crippen molar-refractivity contribution in [3.8, 4) is 0 Å². The summed E-state index contributed by atoms with van der Waals surface area (Å²) in [5.41, 5.74) is 7.05. The zero-order chi connectivity index (χ0) is 10.8. The molecule has 0 amide bonds. The van der Waals surface area contributed by atoms with Crippen LogP contribution in [0.4, 0.5) is 0 Å². The van der Waals surface area contributed by atoms with Gasteiger partial charge in [-0.2, -0.15) is 0 Å². The molecule has 2 aromatic rings. The van der Waals surface area contributed by atoms with Crippen molar-refractivity contribution in [2.24, 2.45) is 5.73 Å². The van der Waals surface area contributed by atoms with Gasteiger partial charge < -0.3 is 10.7 Å². The second-order valence-corrected chi connectivity index (χ2v) is 3.34. The second-order valence-electron chi connectivity index (χ2n) is 3.34. The number of H-pyrrole nitrogens is 1. The van der Waals surface area contributed by atoms with Crippen LogP contribution in [-0.4, -0.2) is 12.8 Å². The summed E-state index contributed by atoms with van der Waals surface area (Å²) >= 11 is 0. The highest BCUT2D eigenvalue weighted by Gasteiger charge is 2.00. The number of benzene rings is 1. The Bertz CT molecular complexity index is 623. The van der Waals surface area contributed by atoms with E-state index in [0.29, 0.717) is 0 Å². The molecule has 3 heteroatoms. The van der Waals surface area contributed by atoms with Crippen molar-refractivity contribution in [3.05, 3.63) is 41.0 Å². The summed E-state index contributed by atoms with van der Waals surface area (Å²) in [4.78, 5) is 3.18. The standard InChI is InChI=1S/C12H11BN2/c1-8-9(4-3-7-14)12-10(13)5-2-6-11(12)15-8/h2-7,15H,1,14H2/b7-3-,9-4+. The smallest absolute Gasteiger partial charge is 0.114 e. The summed E-state index contributed by atoms with van der Waals surface area (Å²) in [6.45, 7) is 3.93. The molecule has 0 aliphatic carbocycles. The summed E-state index contributed by atoms with van der Waals surface area (Å²) in [7, 11) is 5.92. The first-order valence-corrected chi connectivity index (χ1v) is 4.67. The van der Waals surface area contributed by atoms with Crippen LogP contribution in [0.2, 0.25) is 0 Å². The molecule has 0 saturated carbocycles. The third-order valence-corrected chi connectivity index (χ3v) is 2.35. The molecule has 1 heterocycles. The highest BCUT2D eigenvalue weighted by atomic mass is 14.7. The van der Waals surface area contributed by atoms with Gasteiger partial charge in [-0.05, 0) is 18.3 Å². The molecule has 0 fully saturated rings. The van der Waals surface area contributed by atoms with E-state index in [1.54, 1.807) is 6.08 Å². The number of rotatable bonds is 1. The highest BCUT2D eigenvalue weighted by molar-refractivity contribution is 6.38. The fourth-order valence-corrected chi connectivity index (χ4v) is 1.69. The summed E-state index contributed by atoms with van der Waals surface area (Å²) in [6.07, 6.45) is 5.15. The topological polar surface area (TPSA) is 41.8 Å². The fourth-order valence-electron chi connectivity index (χ4n) is 1.69. The summed E-state index contributed by atoms with van der Waals surface area (Å²) in [5.74, 6) is 0. The van der Waals surface area contributed by atoms with E-state index < -0.39 is 0 Å². The molecule has 2 nitrogen and oxygen atoms in total. The molecular weight excluding hydrogens is 183 g/mol. The number of aromatic nitrogens is 1. The molecule has 0 spiro atoms. The SMILES string of the molecule is [B]c1cccc2[nH]c(=C)/c(=C\C=C/N)c12. The Hall–Kier alpha value is -1.90. The van der Waals surface area contributed by atoms with Gasteiger partial charge in [-0.15, -0.1) is 0 Å². The summed E-state index contributed by atoms with van der Waals surface area (Å²) in [5, 5.41) is 2.84. The zero-order valence-electron chi connectivity index (χ0n) is 8.33. The van der Waals surface area contributed by atoms with Crippen LogP contribution < -0.4 is 21.8 Å². The van der Waals surface area contributed by atoms with E-state index in [-0.39, 0.29) is 0 Å². The molecule has 3 N–H and O–H groups in total. The molecule has 0 bridgehead atoms. The third-order valence-electron chi connectivity index (χ3n) is 2.35. The maximum atomic E-state index is 5.92. The van der Waals surface area contributed by atoms with Crippen LogP contribution in [0.5, 0.6) is 0 Å². The minimum atomic E-state index is 0.746. The Morgan fingerprint density at radius 1 is 1.40 bits per heavy atom. The van der Waals surface area contributed by atoms with Gasteiger partial charge in [0.05, 0.1) is 0 Å². The Morgan fingerprint density at radius 2 is 2.20 bits per heavy atom. The number of fused-ring (bicyclic) bond motifs is 1. The van der Waals surface area contributed by atoms with Gasteiger partial charge in [-0.1, -0.05) is 30.3 Å². The van der Waals surface area contributed by atoms with Crippen molar-refractivity contribution in [3.63, 3.8) is 0 Å². The number of aromatic amines is 1. The molecule has 2 rings (SSSR count).